The first-order valence-electron chi connectivity index (χ1n) is 6.95. The summed E-state index contributed by atoms with van der Waals surface area (Å²) in [5.41, 5.74) is 3.04. The van der Waals surface area contributed by atoms with Gasteiger partial charge in [0.1, 0.15) is 5.82 Å². The lowest BCUT2D eigenvalue weighted by atomic mass is 9.99. The van der Waals surface area contributed by atoms with Crippen LogP contribution in [-0.2, 0) is 13.0 Å². The normalized spacial score (nSPS) is 13.2. The molecule has 1 aliphatic rings. The van der Waals surface area contributed by atoms with Crippen LogP contribution in [0.1, 0.15) is 31.2 Å². The van der Waals surface area contributed by atoms with Crippen LogP contribution in [0.2, 0.25) is 0 Å². The van der Waals surface area contributed by atoms with E-state index in [2.05, 4.69) is 10.6 Å². The third kappa shape index (κ3) is 3.16. The molecule has 0 fully saturated rings. The molecular formula is C16H18ClFN2OS. The number of fused-ring (bicyclic) bond motifs is 1. The molecule has 3 rings (SSSR count). The van der Waals surface area contributed by atoms with E-state index in [1.54, 1.807) is 6.07 Å². The first-order valence-corrected chi connectivity index (χ1v) is 7.77. The van der Waals surface area contributed by atoms with Gasteiger partial charge in [0.05, 0.1) is 10.6 Å². The van der Waals surface area contributed by atoms with Crippen molar-refractivity contribution in [3.8, 4) is 0 Å². The Kier molecular flexibility index (Phi) is 5.21. The van der Waals surface area contributed by atoms with E-state index in [0.29, 0.717) is 23.4 Å². The zero-order valence-corrected chi connectivity index (χ0v) is 14.1. The van der Waals surface area contributed by atoms with Crippen molar-refractivity contribution in [2.24, 2.45) is 0 Å². The predicted octanol–water partition coefficient (Wildman–Crippen LogP) is 3.82. The van der Waals surface area contributed by atoms with Gasteiger partial charge in [-0.1, -0.05) is 6.07 Å². The second kappa shape index (κ2) is 6.77. The minimum atomic E-state index is -0.299. The quantitative estimate of drug-likeness (QED) is 0.872. The van der Waals surface area contributed by atoms with Gasteiger partial charge in [-0.2, -0.15) is 0 Å². The lowest BCUT2D eigenvalue weighted by molar-refractivity contribution is 0.103. The number of anilines is 1. The molecule has 0 bridgehead atoms. The number of benzene rings is 1. The minimum Gasteiger partial charge on any atom is -0.319 e. The first kappa shape index (κ1) is 16.9. The summed E-state index contributed by atoms with van der Waals surface area (Å²) in [4.78, 5) is 13.9. The summed E-state index contributed by atoms with van der Waals surface area (Å²) in [5.74, 6) is -0.545. The van der Waals surface area contributed by atoms with Gasteiger partial charge in [0.2, 0.25) is 0 Å². The molecular weight excluding hydrogens is 323 g/mol. The maximum absolute atomic E-state index is 14.5. The fraction of sp³-hybridized carbons (Fsp3) is 0.312. The van der Waals surface area contributed by atoms with Crippen LogP contribution in [0.15, 0.2) is 18.2 Å². The predicted molar refractivity (Wildman–Crippen MR) is 90.8 cm³/mol. The molecule has 0 spiro atoms. The molecule has 0 saturated heterocycles. The van der Waals surface area contributed by atoms with E-state index in [1.165, 1.54) is 11.3 Å². The van der Waals surface area contributed by atoms with E-state index < -0.39 is 0 Å². The van der Waals surface area contributed by atoms with Crippen LogP contribution in [0.25, 0.3) is 0 Å². The Morgan fingerprint density at radius 1 is 1.36 bits per heavy atom. The molecule has 1 aliphatic heterocycles. The van der Waals surface area contributed by atoms with Crippen LogP contribution in [0.5, 0.6) is 0 Å². The van der Waals surface area contributed by atoms with Crippen LogP contribution in [0.3, 0.4) is 0 Å². The number of amides is 1. The molecule has 3 nitrogen and oxygen atoms in total. The summed E-state index contributed by atoms with van der Waals surface area (Å²) in [5, 5.41) is 5.90. The highest BCUT2D eigenvalue weighted by Gasteiger charge is 2.18. The average molecular weight is 341 g/mol. The Morgan fingerprint density at radius 3 is 2.82 bits per heavy atom. The molecule has 1 aromatic carbocycles. The van der Waals surface area contributed by atoms with Gasteiger partial charge in [0.15, 0.2) is 0 Å². The number of hydrogen-bond acceptors (Lipinski definition) is 3. The summed E-state index contributed by atoms with van der Waals surface area (Å²) < 4.78 is 14.5. The van der Waals surface area contributed by atoms with Gasteiger partial charge in [0.25, 0.3) is 5.91 Å². The van der Waals surface area contributed by atoms with Gasteiger partial charge < -0.3 is 10.6 Å². The van der Waals surface area contributed by atoms with Gasteiger partial charge in [-0.3, -0.25) is 4.79 Å². The maximum atomic E-state index is 14.5. The van der Waals surface area contributed by atoms with E-state index in [0.717, 1.165) is 22.5 Å². The fourth-order valence-electron chi connectivity index (χ4n) is 2.50. The second-order valence-electron chi connectivity index (χ2n) is 5.30. The Balaban J connectivity index is 0.00000176. The van der Waals surface area contributed by atoms with Crippen molar-refractivity contribution in [1.82, 2.24) is 5.32 Å². The van der Waals surface area contributed by atoms with Crippen LogP contribution in [0, 0.1) is 19.7 Å². The van der Waals surface area contributed by atoms with Crippen molar-refractivity contribution in [3.05, 3.63) is 50.5 Å². The van der Waals surface area contributed by atoms with Gasteiger partial charge in [-0.05, 0) is 55.6 Å². The summed E-state index contributed by atoms with van der Waals surface area (Å²) in [6.45, 7) is 5.40. The van der Waals surface area contributed by atoms with Gasteiger partial charge in [-0.25, -0.2) is 4.39 Å². The zero-order valence-electron chi connectivity index (χ0n) is 12.5. The van der Waals surface area contributed by atoms with Crippen LogP contribution < -0.4 is 10.6 Å². The van der Waals surface area contributed by atoms with E-state index >= 15 is 0 Å². The third-order valence-electron chi connectivity index (χ3n) is 3.85. The number of carbonyl (C=O) groups is 1. The molecule has 0 radical (unpaired) electrons. The average Bonchev–Trinajstić information content (AvgIpc) is 2.82. The molecule has 1 aromatic heterocycles. The highest BCUT2D eigenvalue weighted by molar-refractivity contribution is 7.14. The maximum Gasteiger partial charge on any atom is 0.265 e. The van der Waals surface area contributed by atoms with E-state index in [-0.39, 0.29) is 29.8 Å². The van der Waals surface area contributed by atoms with Gasteiger partial charge in [-0.15, -0.1) is 23.7 Å². The molecule has 2 N–H and O–H groups in total. The standard InChI is InChI=1S/C16H17FN2OS.ClH/c1-9-7-14(21-10(9)2)16(20)19-13-4-3-11-8-18-6-5-12(11)15(13)17;/h3-4,7,18H,5-6,8H2,1-2H3,(H,19,20);1H. The SMILES string of the molecule is Cc1cc(C(=O)Nc2ccc3c(c2F)CCNC3)sc1C.Cl. The van der Waals surface area contributed by atoms with Crippen molar-refractivity contribution < 1.29 is 9.18 Å². The smallest absolute Gasteiger partial charge is 0.265 e. The van der Waals surface area contributed by atoms with Crippen LogP contribution in [-0.4, -0.2) is 12.5 Å². The second-order valence-corrected chi connectivity index (χ2v) is 6.55. The molecule has 22 heavy (non-hydrogen) atoms. The monoisotopic (exact) mass is 340 g/mol. The lowest BCUT2D eigenvalue weighted by Gasteiger charge is -2.19. The third-order valence-corrected chi connectivity index (χ3v) is 5.00. The van der Waals surface area contributed by atoms with Crippen LogP contribution >= 0.6 is 23.7 Å². The number of aryl methyl sites for hydroxylation is 2. The van der Waals surface area contributed by atoms with E-state index in [4.69, 9.17) is 0 Å². The minimum absolute atomic E-state index is 0. The summed E-state index contributed by atoms with van der Waals surface area (Å²) in [6, 6.07) is 5.37. The van der Waals surface area contributed by atoms with Crippen molar-refractivity contribution in [2.75, 3.05) is 11.9 Å². The number of nitrogens with one attached hydrogen (secondary N) is 2. The van der Waals surface area contributed by atoms with Crippen molar-refractivity contribution in [2.45, 2.75) is 26.8 Å². The highest BCUT2D eigenvalue weighted by Crippen LogP contribution is 2.26. The summed E-state index contributed by atoms with van der Waals surface area (Å²) in [7, 11) is 0. The number of halogens is 2. The fourth-order valence-corrected chi connectivity index (χ4v) is 3.43. The Bertz CT molecular complexity index is 695. The Morgan fingerprint density at radius 2 is 2.14 bits per heavy atom. The molecule has 2 aromatic rings. The molecule has 2 heterocycles. The largest absolute Gasteiger partial charge is 0.319 e. The first-order chi connectivity index (χ1) is 10.1. The highest BCUT2D eigenvalue weighted by atomic mass is 35.5. The summed E-state index contributed by atoms with van der Waals surface area (Å²) >= 11 is 1.43. The molecule has 6 heteroatoms. The molecule has 0 aliphatic carbocycles. The molecule has 0 saturated carbocycles. The van der Waals surface area contributed by atoms with Gasteiger partial charge in [0, 0.05) is 11.4 Å². The molecule has 118 valence electrons. The van der Waals surface area contributed by atoms with E-state index in [1.807, 2.05) is 26.0 Å². The molecule has 1 amide bonds. The topological polar surface area (TPSA) is 41.1 Å². The van der Waals surface area contributed by atoms with Crippen molar-refractivity contribution in [3.63, 3.8) is 0 Å². The number of rotatable bonds is 2. The summed E-state index contributed by atoms with van der Waals surface area (Å²) in [6.07, 6.45) is 0.655. The molecule has 0 unspecified atom stereocenters. The lowest BCUT2D eigenvalue weighted by Crippen LogP contribution is -2.25. The Hall–Kier alpha value is -1.43. The number of thiophene rings is 1. The molecule has 0 atom stereocenters. The zero-order chi connectivity index (χ0) is 15.0. The van der Waals surface area contributed by atoms with Crippen molar-refractivity contribution >= 4 is 35.3 Å². The number of carbonyl (C=O) groups excluding carboxylic acids is 1. The van der Waals surface area contributed by atoms with Gasteiger partial charge >= 0.3 is 0 Å². The van der Waals surface area contributed by atoms with E-state index in [9.17, 15) is 9.18 Å². The number of hydrogen-bond donors (Lipinski definition) is 2. The van der Waals surface area contributed by atoms with Crippen molar-refractivity contribution in [1.29, 1.82) is 0 Å². The Labute approximate surface area is 139 Å². The van der Waals surface area contributed by atoms with Crippen LogP contribution in [0.4, 0.5) is 10.1 Å².